The molecule has 0 aliphatic heterocycles. The van der Waals surface area contributed by atoms with E-state index in [1.165, 1.54) is 18.3 Å². The summed E-state index contributed by atoms with van der Waals surface area (Å²) in [5.74, 6) is -0.508. The van der Waals surface area contributed by atoms with Crippen molar-refractivity contribution in [1.29, 1.82) is 0 Å². The molecule has 94 valence electrons. The normalized spacial score (nSPS) is 10.1. The van der Waals surface area contributed by atoms with Gasteiger partial charge in [-0.3, -0.25) is 9.59 Å². The Bertz CT molecular complexity index is 548. The van der Waals surface area contributed by atoms with Crippen LogP contribution in [0.3, 0.4) is 0 Å². The molecule has 3 N–H and O–H groups in total. The smallest absolute Gasteiger partial charge is 0.271 e. The van der Waals surface area contributed by atoms with Crippen LogP contribution in [0.2, 0.25) is 0 Å². The van der Waals surface area contributed by atoms with E-state index >= 15 is 0 Å². The molecule has 2 heterocycles. The number of amides is 2. The van der Waals surface area contributed by atoms with Gasteiger partial charge in [0.2, 0.25) is 5.91 Å². The molecule has 0 unspecified atom stereocenters. The maximum atomic E-state index is 11.7. The molecule has 18 heavy (non-hydrogen) atoms. The van der Waals surface area contributed by atoms with E-state index in [-0.39, 0.29) is 17.5 Å². The van der Waals surface area contributed by atoms with Gasteiger partial charge < -0.3 is 15.6 Å². The Labute approximate surface area is 107 Å². The Morgan fingerprint density at radius 2 is 2.33 bits per heavy atom. The van der Waals surface area contributed by atoms with Gasteiger partial charge in [0.15, 0.2) is 5.13 Å². The number of thiazole rings is 1. The Morgan fingerprint density at radius 1 is 1.50 bits per heavy atom. The zero-order chi connectivity index (χ0) is 13.0. The van der Waals surface area contributed by atoms with Crippen molar-refractivity contribution in [3.8, 4) is 0 Å². The second-order valence-electron chi connectivity index (χ2n) is 3.48. The maximum absolute atomic E-state index is 11.7. The van der Waals surface area contributed by atoms with Crippen LogP contribution in [0.4, 0.5) is 5.13 Å². The van der Waals surface area contributed by atoms with Crippen LogP contribution in [0, 0.1) is 0 Å². The summed E-state index contributed by atoms with van der Waals surface area (Å²) in [6, 6.07) is 0. The van der Waals surface area contributed by atoms with Crippen LogP contribution in [0.5, 0.6) is 0 Å². The van der Waals surface area contributed by atoms with E-state index in [0.29, 0.717) is 11.7 Å². The van der Waals surface area contributed by atoms with Crippen molar-refractivity contribution in [2.75, 3.05) is 5.32 Å². The lowest BCUT2D eigenvalue weighted by Crippen LogP contribution is -2.23. The predicted molar refractivity (Wildman–Crippen MR) is 66.2 cm³/mol. The average molecular weight is 265 g/mol. The molecular weight excluding hydrogens is 254 g/mol. The highest BCUT2D eigenvalue weighted by molar-refractivity contribution is 7.14. The minimum Gasteiger partial charge on any atom is -0.347 e. The molecule has 8 heteroatoms. The first-order valence-electron chi connectivity index (χ1n) is 5.13. The molecule has 0 bridgehead atoms. The summed E-state index contributed by atoms with van der Waals surface area (Å²) >= 11 is 1.21. The van der Waals surface area contributed by atoms with E-state index in [4.69, 9.17) is 0 Å². The first-order valence-corrected chi connectivity index (χ1v) is 6.01. The minimum absolute atomic E-state index is 0.214. The summed E-state index contributed by atoms with van der Waals surface area (Å²) in [7, 11) is 0. The Morgan fingerprint density at radius 3 is 3.00 bits per heavy atom. The number of rotatable bonds is 4. The van der Waals surface area contributed by atoms with Crippen LogP contribution in [-0.2, 0) is 11.3 Å². The third kappa shape index (κ3) is 3.14. The van der Waals surface area contributed by atoms with Crippen LogP contribution >= 0.6 is 11.3 Å². The van der Waals surface area contributed by atoms with Gasteiger partial charge in [-0.1, -0.05) is 0 Å². The monoisotopic (exact) mass is 265 g/mol. The van der Waals surface area contributed by atoms with E-state index in [1.807, 2.05) is 0 Å². The molecule has 2 amide bonds. The van der Waals surface area contributed by atoms with Crippen LogP contribution in [-0.4, -0.2) is 26.8 Å². The molecule has 0 saturated heterocycles. The average Bonchev–Trinajstić information content (AvgIpc) is 2.95. The quantitative estimate of drug-likeness (QED) is 0.759. The zero-order valence-electron chi connectivity index (χ0n) is 9.56. The van der Waals surface area contributed by atoms with E-state index in [0.717, 1.165) is 5.69 Å². The fraction of sp³-hybridized carbons (Fsp3) is 0.200. The Balaban J connectivity index is 1.92. The molecule has 0 spiro atoms. The van der Waals surface area contributed by atoms with Crippen molar-refractivity contribution in [1.82, 2.24) is 20.3 Å². The van der Waals surface area contributed by atoms with Gasteiger partial charge in [0.1, 0.15) is 5.69 Å². The number of anilines is 1. The summed E-state index contributed by atoms with van der Waals surface area (Å²) in [4.78, 5) is 33.3. The van der Waals surface area contributed by atoms with Gasteiger partial charge in [0.05, 0.1) is 18.6 Å². The number of imidazole rings is 1. The maximum Gasteiger partial charge on any atom is 0.271 e. The number of aromatic nitrogens is 3. The highest BCUT2D eigenvalue weighted by atomic mass is 32.1. The van der Waals surface area contributed by atoms with Gasteiger partial charge in [-0.15, -0.1) is 11.3 Å². The lowest BCUT2D eigenvalue weighted by Gasteiger charge is -2.00. The van der Waals surface area contributed by atoms with Crippen molar-refractivity contribution < 1.29 is 9.59 Å². The van der Waals surface area contributed by atoms with E-state index in [2.05, 4.69) is 25.6 Å². The molecule has 0 fully saturated rings. The van der Waals surface area contributed by atoms with Crippen LogP contribution in [0.25, 0.3) is 0 Å². The number of hydrogen-bond donors (Lipinski definition) is 3. The Kier molecular flexibility index (Phi) is 3.68. The van der Waals surface area contributed by atoms with Crippen LogP contribution in [0.1, 0.15) is 23.1 Å². The number of carbonyl (C=O) groups excluding carboxylic acids is 2. The van der Waals surface area contributed by atoms with Crippen molar-refractivity contribution >= 4 is 28.3 Å². The number of nitrogens with one attached hydrogen (secondary N) is 3. The first-order chi connectivity index (χ1) is 8.65. The number of aromatic amines is 1. The molecule has 0 radical (unpaired) electrons. The van der Waals surface area contributed by atoms with Gasteiger partial charge in [-0.2, -0.15) is 0 Å². The highest BCUT2D eigenvalue weighted by Crippen LogP contribution is 2.15. The van der Waals surface area contributed by atoms with E-state index in [1.54, 1.807) is 17.9 Å². The molecular formula is C10H11N5O2S. The molecule has 7 nitrogen and oxygen atoms in total. The molecule has 0 aliphatic rings. The van der Waals surface area contributed by atoms with Crippen LogP contribution < -0.4 is 10.6 Å². The predicted octanol–water partition coefficient (Wildman–Crippen LogP) is 0.755. The minimum atomic E-state index is -0.294. The standard InChI is InChI=1S/C10H11N5O2S/c1-6(16)14-10-15-8(4-18-10)9(17)12-3-7-2-11-5-13-7/h2,4-5H,3H2,1H3,(H,11,13)(H,12,17)(H,14,15,16). The molecule has 2 aromatic heterocycles. The van der Waals surface area contributed by atoms with Gasteiger partial charge >= 0.3 is 0 Å². The second-order valence-corrected chi connectivity index (χ2v) is 4.34. The summed E-state index contributed by atoms with van der Waals surface area (Å²) < 4.78 is 0. The van der Waals surface area contributed by atoms with Crippen molar-refractivity contribution in [2.45, 2.75) is 13.5 Å². The number of hydrogen-bond acceptors (Lipinski definition) is 5. The fourth-order valence-corrected chi connectivity index (χ4v) is 1.97. The van der Waals surface area contributed by atoms with E-state index < -0.39 is 0 Å². The van der Waals surface area contributed by atoms with Gasteiger partial charge in [0.25, 0.3) is 5.91 Å². The molecule has 2 rings (SSSR count). The SMILES string of the molecule is CC(=O)Nc1nc(C(=O)NCc2cnc[nH]2)cs1. The Hall–Kier alpha value is -2.22. The number of carbonyl (C=O) groups is 2. The second kappa shape index (κ2) is 5.41. The van der Waals surface area contributed by atoms with Crippen molar-refractivity contribution in [2.24, 2.45) is 0 Å². The molecule has 0 atom stereocenters. The fourth-order valence-electron chi connectivity index (χ4n) is 1.23. The topological polar surface area (TPSA) is 99.8 Å². The zero-order valence-corrected chi connectivity index (χ0v) is 10.4. The molecule has 0 aliphatic carbocycles. The summed E-state index contributed by atoms with van der Waals surface area (Å²) in [6.45, 7) is 1.74. The lowest BCUT2D eigenvalue weighted by molar-refractivity contribution is -0.114. The van der Waals surface area contributed by atoms with Crippen molar-refractivity contribution in [3.05, 3.63) is 29.3 Å². The first kappa shape index (κ1) is 12.2. The summed E-state index contributed by atoms with van der Waals surface area (Å²) in [6.07, 6.45) is 3.17. The summed E-state index contributed by atoms with van der Waals surface area (Å²) in [5.41, 5.74) is 1.09. The van der Waals surface area contributed by atoms with Gasteiger partial charge in [-0.05, 0) is 0 Å². The lowest BCUT2D eigenvalue weighted by atomic mass is 10.4. The molecule has 0 aromatic carbocycles. The highest BCUT2D eigenvalue weighted by Gasteiger charge is 2.11. The van der Waals surface area contributed by atoms with E-state index in [9.17, 15) is 9.59 Å². The molecule has 2 aromatic rings. The number of H-pyrrole nitrogens is 1. The summed E-state index contributed by atoms with van der Waals surface area (Å²) in [5, 5.41) is 7.21. The van der Waals surface area contributed by atoms with Gasteiger partial charge in [0, 0.05) is 18.5 Å². The number of nitrogens with zero attached hydrogens (tertiary/aromatic N) is 2. The third-order valence-electron chi connectivity index (χ3n) is 2.01. The molecule has 0 saturated carbocycles. The van der Waals surface area contributed by atoms with Crippen molar-refractivity contribution in [3.63, 3.8) is 0 Å². The largest absolute Gasteiger partial charge is 0.347 e. The third-order valence-corrected chi connectivity index (χ3v) is 2.77. The van der Waals surface area contributed by atoms with Gasteiger partial charge in [-0.25, -0.2) is 9.97 Å². The van der Waals surface area contributed by atoms with Crippen LogP contribution in [0.15, 0.2) is 17.9 Å².